The maximum Gasteiger partial charge on any atom is 0.0198 e. The largest absolute Gasteiger partial charge is 0.142 e. The van der Waals surface area contributed by atoms with Gasteiger partial charge in [-0.05, 0) is 78.9 Å². The highest BCUT2D eigenvalue weighted by atomic mass is 32.1. The van der Waals surface area contributed by atoms with E-state index in [2.05, 4.69) is 164 Å². The molecule has 0 spiro atoms. The van der Waals surface area contributed by atoms with Gasteiger partial charge in [-0.25, -0.2) is 0 Å². The van der Waals surface area contributed by atoms with Crippen molar-refractivity contribution in [2.24, 2.45) is 0 Å². The van der Waals surface area contributed by atoms with Gasteiger partial charge in [-0.2, -0.15) is 0 Å². The van der Waals surface area contributed by atoms with E-state index in [1.807, 2.05) is 6.07 Å². The molecule has 0 atom stereocenters. The molecule has 0 saturated heterocycles. The zero-order valence-electron chi connectivity index (χ0n) is 24.1. The first-order valence-corrected chi connectivity index (χ1v) is 15.6. The summed E-state index contributed by atoms with van der Waals surface area (Å²) in [6.07, 6.45) is 0. The second-order valence-corrected chi connectivity index (χ2v) is 11.7. The van der Waals surface area contributed by atoms with Gasteiger partial charge < -0.3 is 0 Å². The van der Waals surface area contributed by atoms with Crippen molar-refractivity contribution in [2.45, 2.75) is 9.79 Å². The molecule has 0 N–H and O–H groups in total. The fourth-order valence-electron chi connectivity index (χ4n) is 5.90. The van der Waals surface area contributed by atoms with Gasteiger partial charge in [0.1, 0.15) is 0 Å². The van der Waals surface area contributed by atoms with Gasteiger partial charge in [0.05, 0.1) is 0 Å². The van der Waals surface area contributed by atoms with Gasteiger partial charge in [0.2, 0.25) is 0 Å². The molecule has 0 fully saturated rings. The normalized spacial score (nSPS) is 11.0. The van der Waals surface area contributed by atoms with Crippen molar-refractivity contribution < 1.29 is 0 Å². The van der Waals surface area contributed by atoms with Crippen LogP contribution >= 0.6 is 25.3 Å². The van der Waals surface area contributed by atoms with Crippen LogP contribution in [0.5, 0.6) is 0 Å². The van der Waals surface area contributed by atoms with Crippen LogP contribution in [0.1, 0.15) is 0 Å². The Balaban J connectivity index is 1.31. The molecule has 2 heteroatoms. The lowest BCUT2D eigenvalue weighted by Gasteiger charge is -2.17. The highest BCUT2D eigenvalue weighted by molar-refractivity contribution is 7.80. The van der Waals surface area contributed by atoms with Gasteiger partial charge in [0.15, 0.2) is 0 Å². The molecule has 0 unspecified atom stereocenters. The van der Waals surface area contributed by atoms with Crippen molar-refractivity contribution in [1.29, 1.82) is 0 Å². The molecule has 0 aliphatic heterocycles. The Bertz CT molecular complexity index is 2050. The fourth-order valence-corrected chi connectivity index (χ4v) is 6.69. The summed E-state index contributed by atoms with van der Waals surface area (Å²) in [5, 5.41) is 0. The van der Waals surface area contributed by atoms with E-state index in [1.165, 1.54) is 16.7 Å². The first-order valence-electron chi connectivity index (χ1n) is 14.7. The molecule has 0 aliphatic rings. The molecule has 0 aromatic heterocycles. The van der Waals surface area contributed by atoms with Crippen LogP contribution in [0.3, 0.4) is 0 Å². The molecule has 0 amide bonds. The topological polar surface area (TPSA) is 0 Å². The van der Waals surface area contributed by atoms with E-state index in [-0.39, 0.29) is 0 Å². The standard InChI is InChI=1S/C42H30S2/c43-41-36(30-15-6-2-7-16-30)21-12-22-38(41)37-20-11-10-19-35(37)32-23-25-33(26-24-32)40-28-34(29-13-4-1-5-14-29)27-39(42(40)44)31-17-8-3-9-18-31/h1-28,43-44H. The Morgan fingerprint density at radius 2 is 0.591 bits per heavy atom. The quantitative estimate of drug-likeness (QED) is 0.175. The van der Waals surface area contributed by atoms with Crippen molar-refractivity contribution in [3.8, 4) is 66.8 Å². The summed E-state index contributed by atoms with van der Waals surface area (Å²) in [7, 11) is 0. The van der Waals surface area contributed by atoms with E-state index in [0.717, 1.165) is 59.9 Å². The molecular weight excluding hydrogens is 569 g/mol. The van der Waals surface area contributed by atoms with Crippen LogP contribution in [0.4, 0.5) is 0 Å². The summed E-state index contributed by atoms with van der Waals surface area (Å²) < 4.78 is 0. The predicted molar refractivity (Wildman–Crippen MR) is 194 cm³/mol. The number of thiol groups is 2. The van der Waals surface area contributed by atoms with E-state index < -0.39 is 0 Å². The summed E-state index contributed by atoms with van der Waals surface area (Å²) in [6.45, 7) is 0. The van der Waals surface area contributed by atoms with Crippen molar-refractivity contribution in [1.82, 2.24) is 0 Å². The summed E-state index contributed by atoms with van der Waals surface area (Å²) in [6, 6.07) is 59.9. The molecular formula is C42H30S2. The molecule has 0 aliphatic carbocycles. The summed E-state index contributed by atoms with van der Waals surface area (Å²) in [4.78, 5) is 1.95. The molecule has 7 aromatic carbocycles. The molecule has 7 rings (SSSR count). The maximum absolute atomic E-state index is 5.10. The van der Waals surface area contributed by atoms with Crippen LogP contribution in [0.2, 0.25) is 0 Å². The van der Waals surface area contributed by atoms with Crippen LogP contribution in [0.15, 0.2) is 180 Å². The van der Waals surface area contributed by atoms with Gasteiger partial charge in [0, 0.05) is 9.79 Å². The second-order valence-electron chi connectivity index (χ2n) is 10.8. The van der Waals surface area contributed by atoms with E-state index in [4.69, 9.17) is 25.3 Å². The minimum atomic E-state index is 0.974. The Hall–Kier alpha value is -4.76. The van der Waals surface area contributed by atoms with Gasteiger partial charge in [-0.15, -0.1) is 25.3 Å². The smallest absolute Gasteiger partial charge is 0.0198 e. The average molecular weight is 599 g/mol. The predicted octanol–water partition coefficient (Wildman–Crippen LogP) is 12.3. The highest BCUT2D eigenvalue weighted by Crippen LogP contribution is 2.42. The lowest BCUT2D eigenvalue weighted by atomic mass is 9.90. The van der Waals surface area contributed by atoms with E-state index in [9.17, 15) is 0 Å². The third-order valence-corrected chi connectivity index (χ3v) is 9.11. The lowest BCUT2D eigenvalue weighted by Crippen LogP contribution is -1.91. The second kappa shape index (κ2) is 12.5. The summed E-state index contributed by atoms with van der Waals surface area (Å²) in [5.41, 5.74) is 13.8. The van der Waals surface area contributed by atoms with Gasteiger partial charge in [-0.1, -0.05) is 158 Å². The minimum Gasteiger partial charge on any atom is -0.142 e. The highest BCUT2D eigenvalue weighted by Gasteiger charge is 2.15. The van der Waals surface area contributed by atoms with E-state index in [0.29, 0.717) is 0 Å². The monoisotopic (exact) mass is 598 g/mol. The Kier molecular flexibility index (Phi) is 7.94. The average Bonchev–Trinajstić information content (AvgIpc) is 3.10. The first kappa shape index (κ1) is 28.0. The molecule has 7 aromatic rings. The van der Waals surface area contributed by atoms with Crippen molar-refractivity contribution in [3.63, 3.8) is 0 Å². The lowest BCUT2D eigenvalue weighted by molar-refractivity contribution is 1.43. The molecule has 210 valence electrons. The first-order chi connectivity index (χ1) is 21.7. The summed E-state index contributed by atoms with van der Waals surface area (Å²) >= 11 is 10.1. The van der Waals surface area contributed by atoms with E-state index >= 15 is 0 Å². The maximum atomic E-state index is 5.10. The minimum absolute atomic E-state index is 0.974. The third kappa shape index (κ3) is 5.51. The van der Waals surface area contributed by atoms with Gasteiger partial charge in [0.25, 0.3) is 0 Å². The van der Waals surface area contributed by atoms with Gasteiger partial charge in [-0.3, -0.25) is 0 Å². The molecule has 0 nitrogen and oxygen atoms in total. The Labute approximate surface area is 270 Å². The molecule has 0 saturated carbocycles. The van der Waals surface area contributed by atoms with Crippen molar-refractivity contribution in [3.05, 3.63) is 170 Å². The SMILES string of the molecule is Sc1c(-c2ccccc2)cc(-c2ccccc2)cc1-c1ccc(-c2ccccc2-c2cccc(-c3ccccc3)c2S)cc1. The third-order valence-electron chi connectivity index (χ3n) is 8.15. The van der Waals surface area contributed by atoms with Crippen LogP contribution in [0, 0.1) is 0 Å². The zero-order chi connectivity index (χ0) is 29.9. The Morgan fingerprint density at radius 3 is 1.16 bits per heavy atom. The van der Waals surface area contributed by atoms with Crippen molar-refractivity contribution in [2.75, 3.05) is 0 Å². The number of rotatable bonds is 6. The number of benzene rings is 7. The summed E-state index contributed by atoms with van der Waals surface area (Å²) in [5.74, 6) is 0. The molecule has 44 heavy (non-hydrogen) atoms. The van der Waals surface area contributed by atoms with Crippen LogP contribution in [-0.2, 0) is 0 Å². The van der Waals surface area contributed by atoms with Crippen LogP contribution in [0.25, 0.3) is 66.8 Å². The Morgan fingerprint density at radius 1 is 0.227 bits per heavy atom. The molecule has 0 heterocycles. The number of hydrogen-bond donors (Lipinski definition) is 2. The number of hydrogen-bond acceptors (Lipinski definition) is 2. The van der Waals surface area contributed by atoms with Crippen LogP contribution in [-0.4, -0.2) is 0 Å². The molecule has 0 radical (unpaired) electrons. The van der Waals surface area contributed by atoms with Crippen LogP contribution < -0.4 is 0 Å². The van der Waals surface area contributed by atoms with E-state index in [1.54, 1.807) is 0 Å². The molecule has 0 bridgehead atoms. The fraction of sp³-hybridized carbons (Fsp3) is 0. The van der Waals surface area contributed by atoms with Gasteiger partial charge >= 0.3 is 0 Å². The van der Waals surface area contributed by atoms with Crippen molar-refractivity contribution >= 4 is 25.3 Å². The zero-order valence-corrected chi connectivity index (χ0v) is 25.8.